The number of hydrogen-bond acceptors (Lipinski definition) is 6. The van der Waals surface area contributed by atoms with Crippen molar-refractivity contribution >= 4 is 22.6 Å². The second kappa shape index (κ2) is 8.65. The Balaban J connectivity index is 1.44. The molecule has 0 amide bonds. The molecule has 0 fully saturated rings. The minimum absolute atomic E-state index is 0.0307. The molecule has 6 nitrogen and oxygen atoms in total. The van der Waals surface area contributed by atoms with Crippen LogP contribution in [0.15, 0.2) is 63.4 Å². The van der Waals surface area contributed by atoms with Crippen molar-refractivity contribution in [2.45, 2.75) is 20.3 Å². The van der Waals surface area contributed by atoms with Gasteiger partial charge in [-0.3, -0.25) is 0 Å². The number of rotatable bonds is 5. The van der Waals surface area contributed by atoms with E-state index in [-0.39, 0.29) is 34.5 Å². The number of nitrogens with zero attached hydrogens (tertiary/aromatic N) is 3. The highest BCUT2D eigenvalue weighted by molar-refractivity contribution is 6.32. The molecule has 0 aliphatic carbocycles. The fourth-order valence-electron chi connectivity index (χ4n) is 3.75. The lowest BCUT2D eigenvalue weighted by Gasteiger charge is -2.12. The zero-order chi connectivity index (χ0) is 23.8. The molecule has 5 rings (SSSR count). The van der Waals surface area contributed by atoms with Gasteiger partial charge >= 0.3 is 0 Å². The van der Waals surface area contributed by atoms with Crippen LogP contribution in [0.25, 0.3) is 22.6 Å². The van der Waals surface area contributed by atoms with E-state index in [0.29, 0.717) is 17.1 Å². The van der Waals surface area contributed by atoms with E-state index in [1.807, 2.05) is 38.1 Å². The van der Waals surface area contributed by atoms with E-state index in [2.05, 4.69) is 16.3 Å². The maximum atomic E-state index is 15.3. The van der Waals surface area contributed by atoms with Gasteiger partial charge in [0.15, 0.2) is 17.3 Å². The van der Waals surface area contributed by atoms with Crippen molar-refractivity contribution in [3.05, 3.63) is 93.6 Å². The number of aryl methyl sites for hydroxylation is 2. The summed E-state index contributed by atoms with van der Waals surface area (Å²) in [6.45, 7) is 3.73. The zero-order valence-electron chi connectivity index (χ0n) is 18.2. The summed E-state index contributed by atoms with van der Waals surface area (Å²) in [6, 6.07) is 17.7. The molecule has 2 aromatic heterocycles. The molecule has 0 unspecified atom stereocenters. The minimum Gasteiger partial charge on any atom is -0.453 e. The van der Waals surface area contributed by atoms with E-state index in [1.54, 1.807) is 12.1 Å². The van der Waals surface area contributed by atoms with Crippen LogP contribution in [0.4, 0.5) is 4.39 Å². The van der Waals surface area contributed by atoms with Gasteiger partial charge in [0.1, 0.15) is 11.3 Å². The highest BCUT2D eigenvalue weighted by atomic mass is 35.5. The molecule has 0 radical (unpaired) electrons. The first-order chi connectivity index (χ1) is 16.4. The quantitative estimate of drug-likeness (QED) is 0.269. The number of ether oxygens (including phenoxy) is 1. The van der Waals surface area contributed by atoms with Gasteiger partial charge in [-0.25, -0.2) is 4.39 Å². The Hall–Kier alpha value is -4.15. The molecule has 0 atom stereocenters. The average Bonchev–Trinajstić information content (AvgIpc) is 3.42. The van der Waals surface area contributed by atoms with Crippen molar-refractivity contribution < 1.29 is 18.0 Å². The fourth-order valence-corrected chi connectivity index (χ4v) is 3.94. The Bertz CT molecular complexity index is 1580. The molecule has 3 aromatic carbocycles. The number of halogens is 2. The highest BCUT2D eigenvalue weighted by Crippen LogP contribution is 2.36. The normalized spacial score (nSPS) is 11.0. The van der Waals surface area contributed by atoms with Crippen LogP contribution in [-0.2, 0) is 6.42 Å². The van der Waals surface area contributed by atoms with Crippen LogP contribution in [0.5, 0.6) is 11.5 Å². The molecule has 0 spiro atoms. The second-order valence-corrected chi connectivity index (χ2v) is 8.24. The number of furan rings is 1. The molecule has 0 aliphatic heterocycles. The zero-order valence-corrected chi connectivity index (χ0v) is 19.0. The summed E-state index contributed by atoms with van der Waals surface area (Å²) >= 11 is 6.21. The van der Waals surface area contributed by atoms with Gasteiger partial charge in [-0.1, -0.05) is 35.9 Å². The first-order valence-electron chi connectivity index (χ1n) is 10.4. The summed E-state index contributed by atoms with van der Waals surface area (Å²) in [4.78, 5) is 0. The lowest BCUT2D eigenvalue weighted by molar-refractivity contribution is 0.436. The monoisotopic (exact) mass is 473 g/mol. The Labute approximate surface area is 199 Å². The SMILES string of the molecule is Cc1cc(C#N)cc(Oc2c(Cl)ccc(Cc3nnc(-c4oc5ccccc5c4C)o3)c2F)c1. The van der Waals surface area contributed by atoms with E-state index >= 15 is 4.39 Å². The van der Waals surface area contributed by atoms with Gasteiger partial charge in [0.05, 0.1) is 23.1 Å². The third kappa shape index (κ3) is 4.00. The predicted molar refractivity (Wildman–Crippen MR) is 124 cm³/mol. The van der Waals surface area contributed by atoms with E-state index in [1.165, 1.54) is 18.2 Å². The molecule has 0 N–H and O–H groups in total. The molecule has 5 aromatic rings. The molecular weight excluding hydrogens is 457 g/mol. The maximum absolute atomic E-state index is 15.3. The summed E-state index contributed by atoms with van der Waals surface area (Å²) in [7, 11) is 0. The molecule has 34 heavy (non-hydrogen) atoms. The second-order valence-electron chi connectivity index (χ2n) is 7.83. The van der Waals surface area contributed by atoms with Crippen molar-refractivity contribution in [2.75, 3.05) is 0 Å². The van der Waals surface area contributed by atoms with Crippen molar-refractivity contribution in [3.8, 4) is 29.2 Å². The Morgan fingerprint density at radius 1 is 1.06 bits per heavy atom. The minimum atomic E-state index is -0.646. The smallest absolute Gasteiger partial charge is 0.283 e. The summed E-state index contributed by atoms with van der Waals surface area (Å²) in [6.07, 6.45) is 0.0307. The molecule has 0 saturated heterocycles. The van der Waals surface area contributed by atoms with Crippen LogP contribution in [0.3, 0.4) is 0 Å². The Morgan fingerprint density at radius 2 is 1.88 bits per heavy atom. The summed E-state index contributed by atoms with van der Waals surface area (Å²) in [5.41, 5.74) is 3.08. The Morgan fingerprint density at radius 3 is 2.68 bits per heavy atom. The molecule has 0 bridgehead atoms. The standard InChI is InChI=1S/C26H17ClFN3O3/c1-14-9-16(13-29)11-18(10-14)32-25-20(27)8-7-17(23(25)28)12-22-30-31-26(34-22)24-15(2)19-5-3-4-6-21(19)33-24/h3-11H,12H2,1-2H3. The van der Waals surface area contributed by atoms with Crippen molar-refractivity contribution in [1.29, 1.82) is 5.26 Å². The van der Waals surface area contributed by atoms with Gasteiger partial charge in [-0.05, 0) is 49.7 Å². The third-order valence-electron chi connectivity index (χ3n) is 5.38. The molecule has 0 saturated carbocycles. The largest absolute Gasteiger partial charge is 0.453 e. The van der Waals surface area contributed by atoms with Crippen LogP contribution in [0.1, 0.15) is 28.1 Å². The first kappa shape index (κ1) is 21.7. The lowest BCUT2D eigenvalue weighted by atomic mass is 10.1. The fraction of sp³-hybridized carbons (Fsp3) is 0.115. The molecule has 8 heteroatoms. The average molecular weight is 474 g/mol. The number of para-hydroxylation sites is 1. The number of fused-ring (bicyclic) bond motifs is 1. The van der Waals surface area contributed by atoms with Gasteiger partial charge in [0.25, 0.3) is 5.89 Å². The van der Waals surface area contributed by atoms with Crippen LogP contribution in [0, 0.1) is 31.0 Å². The topological polar surface area (TPSA) is 85.1 Å². The molecule has 168 valence electrons. The molecular formula is C26H17ClFN3O3. The van der Waals surface area contributed by atoms with Crippen LogP contribution in [0.2, 0.25) is 5.02 Å². The number of hydrogen-bond donors (Lipinski definition) is 0. The van der Waals surface area contributed by atoms with Gasteiger partial charge in [0, 0.05) is 16.5 Å². The Kier molecular flexibility index (Phi) is 5.52. The van der Waals surface area contributed by atoms with Crippen molar-refractivity contribution in [3.63, 3.8) is 0 Å². The predicted octanol–water partition coefficient (Wildman–Crippen LogP) is 7.15. The van der Waals surface area contributed by atoms with Gasteiger partial charge in [-0.15, -0.1) is 10.2 Å². The van der Waals surface area contributed by atoms with E-state index < -0.39 is 5.82 Å². The van der Waals surface area contributed by atoms with E-state index in [0.717, 1.165) is 22.1 Å². The highest BCUT2D eigenvalue weighted by Gasteiger charge is 2.21. The first-order valence-corrected chi connectivity index (χ1v) is 10.8. The maximum Gasteiger partial charge on any atom is 0.283 e. The number of nitriles is 1. The van der Waals surface area contributed by atoms with Crippen LogP contribution in [-0.4, -0.2) is 10.2 Å². The van der Waals surface area contributed by atoms with E-state index in [4.69, 9.17) is 25.2 Å². The summed E-state index contributed by atoms with van der Waals surface area (Å²) in [5, 5.41) is 18.4. The number of benzene rings is 3. The molecule has 2 heterocycles. The summed E-state index contributed by atoms with van der Waals surface area (Å²) < 4.78 is 32.7. The van der Waals surface area contributed by atoms with Gasteiger partial charge in [-0.2, -0.15) is 5.26 Å². The van der Waals surface area contributed by atoms with Gasteiger partial charge in [0.2, 0.25) is 5.89 Å². The van der Waals surface area contributed by atoms with Crippen molar-refractivity contribution in [1.82, 2.24) is 10.2 Å². The molecule has 0 aliphatic rings. The third-order valence-corrected chi connectivity index (χ3v) is 5.67. The van der Waals surface area contributed by atoms with Crippen molar-refractivity contribution in [2.24, 2.45) is 0 Å². The number of aromatic nitrogens is 2. The lowest BCUT2D eigenvalue weighted by Crippen LogP contribution is -1.98. The van der Waals surface area contributed by atoms with E-state index in [9.17, 15) is 5.26 Å². The van der Waals surface area contributed by atoms with Crippen LogP contribution < -0.4 is 4.74 Å². The van der Waals surface area contributed by atoms with Crippen LogP contribution >= 0.6 is 11.6 Å². The summed E-state index contributed by atoms with van der Waals surface area (Å²) in [5.74, 6) is 0.444. The van der Waals surface area contributed by atoms with Gasteiger partial charge < -0.3 is 13.6 Å².